The number of hydrogen-bond donors (Lipinski definition) is 0. The van der Waals surface area contributed by atoms with Crippen LogP contribution < -0.4 is 0 Å². The van der Waals surface area contributed by atoms with E-state index in [1.165, 1.54) is 5.56 Å². The smallest absolute Gasteiger partial charge is 0.175 e. The van der Waals surface area contributed by atoms with Crippen LogP contribution in [0.4, 0.5) is 8.78 Å². The highest BCUT2D eigenvalue weighted by molar-refractivity contribution is 8.36. The molecule has 0 aliphatic rings. The van der Waals surface area contributed by atoms with Crippen molar-refractivity contribution < 1.29 is 8.78 Å². The van der Waals surface area contributed by atoms with Gasteiger partial charge in [-0.2, -0.15) is 14.4 Å². The summed E-state index contributed by atoms with van der Waals surface area (Å²) in [6.45, 7) is 7.90. The van der Waals surface area contributed by atoms with E-state index in [9.17, 15) is 0 Å². The highest BCUT2D eigenvalue weighted by atomic mass is 32.3. The van der Waals surface area contributed by atoms with E-state index < -0.39 is 21.0 Å². The van der Waals surface area contributed by atoms with Gasteiger partial charge in [0.05, 0.1) is 0 Å². The Morgan fingerprint density at radius 1 is 0.767 bits per heavy atom. The normalized spacial score (nSPS) is 12.9. The minimum atomic E-state index is -1.75. The Bertz CT molecular complexity index is 1120. The third kappa shape index (κ3) is 4.30. The van der Waals surface area contributed by atoms with Gasteiger partial charge in [-0.1, -0.05) is 80.6 Å². The van der Waals surface area contributed by atoms with Gasteiger partial charge in [0.15, 0.2) is 11.0 Å². The first kappa shape index (κ1) is 22.1. The Kier molecular flexibility index (Phi) is 7.00. The van der Waals surface area contributed by atoms with Crippen molar-refractivity contribution in [3.05, 3.63) is 88.1 Å². The van der Waals surface area contributed by atoms with E-state index in [4.69, 9.17) is 0 Å². The molecule has 0 radical (unpaired) electrons. The van der Waals surface area contributed by atoms with Crippen molar-refractivity contribution in [1.82, 2.24) is 0 Å². The zero-order chi connectivity index (χ0) is 21.7. The molecule has 0 aliphatic heterocycles. The Labute approximate surface area is 180 Å². The van der Waals surface area contributed by atoms with Crippen LogP contribution in [0.2, 0.25) is 0 Å². The molecular formula is C27H28F2S. The second-order valence-corrected chi connectivity index (χ2v) is 11.5. The zero-order valence-electron chi connectivity index (χ0n) is 18.1. The molecule has 0 atom stereocenters. The lowest BCUT2D eigenvalue weighted by atomic mass is 9.99. The highest BCUT2D eigenvalue weighted by Gasteiger charge is 2.28. The molecule has 3 rings (SSSR count). The van der Waals surface area contributed by atoms with Gasteiger partial charge in [-0.15, -0.1) is 0 Å². The standard InChI is InChI=1S/C27H28F2S/c1-5-30(6-2,7-3)27(29)26(28)25-19-18-22(23-10-8-9-11-24(23)25)17-16-21-14-12-20(4)13-15-21/h8-15,18-19H,5-7H2,1-4H3/b27-26-. The van der Waals surface area contributed by atoms with Gasteiger partial charge in [0.1, 0.15) is 0 Å². The van der Waals surface area contributed by atoms with Crippen molar-refractivity contribution in [2.75, 3.05) is 17.3 Å². The summed E-state index contributed by atoms with van der Waals surface area (Å²) in [6, 6.07) is 19.0. The number of hydrogen-bond acceptors (Lipinski definition) is 0. The van der Waals surface area contributed by atoms with E-state index in [2.05, 4.69) is 11.8 Å². The Morgan fingerprint density at radius 2 is 1.37 bits per heavy atom. The molecule has 156 valence electrons. The average Bonchev–Trinajstić information content (AvgIpc) is 2.79. The molecule has 3 aromatic carbocycles. The number of halogens is 2. The van der Waals surface area contributed by atoms with Crippen LogP contribution >= 0.6 is 10.0 Å². The summed E-state index contributed by atoms with van der Waals surface area (Å²) < 4.78 is 30.8. The molecule has 30 heavy (non-hydrogen) atoms. The molecule has 0 unspecified atom stereocenters. The molecule has 0 N–H and O–H groups in total. The first-order chi connectivity index (χ1) is 14.5. The molecule has 0 heterocycles. The Hall–Kier alpha value is -2.57. The van der Waals surface area contributed by atoms with E-state index in [1.807, 2.05) is 76.2 Å². The van der Waals surface area contributed by atoms with Crippen molar-refractivity contribution in [2.24, 2.45) is 0 Å². The SMILES string of the molecule is CCS(CC)(CC)/C(F)=C(\F)c1ccc(C#Cc2ccc(C)cc2)c2ccccc12. The van der Waals surface area contributed by atoms with E-state index in [-0.39, 0.29) is 0 Å². The molecule has 0 aromatic heterocycles. The number of rotatable bonds is 5. The second-order valence-electron chi connectivity index (χ2n) is 7.32. The molecule has 0 bridgehead atoms. The fraction of sp³-hybridized carbons (Fsp3) is 0.259. The van der Waals surface area contributed by atoms with E-state index >= 15 is 8.78 Å². The molecule has 0 aliphatic carbocycles. The van der Waals surface area contributed by atoms with Gasteiger partial charge in [-0.3, -0.25) is 0 Å². The summed E-state index contributed by atoms with van der Waals surface area (Å²) in [4.78, 5) is 0. The van der Waals surface area contributed by atoms with Crippen molar-refractivity contribution in [3.8, 4) is 11.8 Å². The van der Waals surface area contributed by atoms with Gasteiger partial charge in [-0.25, -0.2) is 4.39 Å². The van der Waals surface area contributed by atoms with Gasteiger partial charge >= 0.3 is 0 Å². The van der Waals surface area contributed by atoms with Gasteiger partial charge in [0.2, 0.25) is 0 Å². The van der Waals surface area contributed by atoms with E-state index in [1.54, 1.807) is 12.1 Å². The van der Waals surface area contributed by atoms with Crippen molar-refractivity contribution >= 4 is 26.6 Å². The first-order valence-electron chi connectivity index (χ1n) is 10.4. The van der Waals surface area contributed by atoms with Gasteiger partial charge in [0, 0.05) is 16.7 Å². The zero-order valence-corrected chi connectivity index (χ0v) is 18.9. The van der Waals surface area contributed by atoms with Crippen LogP contribution in [-0.4, -0.2) is 17.3 Å². The third-order valence-electron chi connectivity index (χ3n) is 5.76. The average molecular weight is 423 g/mol. The molecule has 0 nitrogen and oxygen atoms in total. The van der Waals surface area contributed by atoms with E-state index in [0.29, 0.717) is 28.2 Å². The molecular weight excluding hydrogens is 394 g/mol. The summed E-state index contributed by atoms with van der Waals surface area (Å²) in [6.07, 6.45) is 0. The predicted octanol–water partition coefficient (Wildman–Crippen LogP) is 7.98. The topological polar surface area (TPSA) is 0 Å². The summed E-state index contributed by atoms with van der Waals surface area (Å²) in [5, 5.41) is 0.971. The summed E-state index contributed by atoms with van der Waals surface area (Å²) in [5.41, 5.74) is 3.23. The first-order valence-corrected chi connectivity index (χ1v) is 12.5. The fourth-order valence-corrected chi connectivity index (χ4v) is 6.14. The predicted molar refractivity (Wildman–Crippen MR) is 129 cm³/mol. The third-order valence-corrected chi connectivity index (χ3v) is 10.0. The maximum absolute atomic E-state index is 15.4. The summed E-state index contributed by atoms with van der Waals surface area (Å²) in [7, 11) is -1.75. The molecule has 3 heteroatoms. The van der Waals surface area contributed by atoms with Crippen LogP contribution in [0.25, 0.3) is 16.6 Å². The van der Waals surface area contributed by atoms with Crippen molar-refractivity contribution in [3.63, 3.8) is 0 Å². The largest absolute Gasteiger partial charge is 0.203 e. The lowest BCUT2D eigenvalue weighted by Crippen LogP contribution is -2.10. The quantitative estimate of drug-likeness (QED) is 0.366. The van der Waals surface area contributed by atoms with Gasteiger partial charge in [0.25, 0.3) is 0 Å². The molecule has 0 spiro atoms. The summed E-state index contributed by atoms with van der Waals surface area (Å²) in [5.74, 6) is 7.62. The molecule has 0 saturated heterocycles. The van der Waals surface area contributed by atoms with Crippen molar-refractivity contribution in [1.29, 1.82) is 0 Å². The lowest BCUT2D eigenvalue weighted by molar-refractivity contribution is 0.651. The maximum Gasteiger partial charge on any atom is 0.175 e. The van der Waals surface area contributed by atoms with Crippen LogP contribution in [0.1, 0.15) is 43.0 Å². The number of fused-ring (bicyclic) bond motifs is 1. The van der Waals surface area contributed by atoms with Gasteiger partial charge in [-0.05, 0) is 53.2 Å². The highest BCUT2D eigenvalue weighted by Crippen LogP contribution is 2.58. The Morgan fingerprint density at radius 3 is 1.97 bits per heavy atom. The molecule has 3 aromatic rings. The van der Waals surface area contributed by atoms with Crippen LogP contribution in [0.15, 0.2) is 65.8 Å². The minimum Gasteiger partial charge on any atom is -0.203 e. The molecule has 0 amide bonds. The van der Waals surface area contributed by atoms with Crippen LogP contribution in [0.3, 0.4) is 0 Å². The monoisotopic (exact) mass is 422 g/mol. The van der Waals surface area contributed by atoms with Crippen LogP contribution in [0, 0.1) is 18.8 Å². The van der Waals surface area contributed by atoms with Crippen molar-refractivity contribution in [2.45, 2.75) is 27.7 Å². The maximum atomic E-state index is 15.4. The van der Waals surface area contributed by atoms with Crippen LogP contribution in [-0.2, 0) is 0 Å². The van der Waals surface area contributed by atoms with Gasteiger partial charge < -0.3 is 0 Å². The number of aryl methyl sites for hydroxylation is 1. The van der Waals surface area contributed by atoms with E-state index in [0.717, 1.165) is 16.5 Å². The number of benzene rings is 3. The molecule has 0 saturated carbocycles. The van der Waals surface area contributed by atoms with Crippen LogP contribution in [0.5, 0.6) is 0 Å². The second kappa shape index (κ2) is 9.49. The lowest BCUT2D eigenvalue weighted by Gasteiger charge is -2.35. The fourth-order valence-electron chi connectivity index (χ4n) is 3.66. The molecule has 0 fully saturated rings. The minimum absolute atomic E-state index is 0.316. The summed E-state index contributed by atoms with van der Waals surface area (Å²) >= 11 is 0. The Balaban J connectivity index is 2.13.